The second-order valence-corrected chi connectivity index (χ2v) is 6.57. The third-order valence-electron chi connectivity index (χ3n) is 3.50. The number of nitrogens with one attached hydrogen (secondary N) is 1. The van der Waals surface area contributed by atoms with E-state index in [0.29, 0.717) is 6.04 Å². The van der Waals surface area contributed by atoms with Crippen LogP contribution in [0.15, 0.2) is 11.1 Å². The van der Waals surface area contributed by atoms with Gasteiger partial charge in [0.1, 0.15) is 0 Å². The predicted molar refractivity (Wildman–Crippen MR) is 76.5 cm³/mol. The van der Waals surface area contributed by atoms with E-state index in [4.69, 9.17) is 11.6 Å². The minimum Gasteiger partial charge on any atom is -0.311 e. The lowest BCUT2D eigenvalue weighted by atomic mass is 9.93. The lowest BCUT2D eigenvalue weighted by Crippen LogP contribution is -2.62. The van der Waals surface area contributed by atoms with Gasteiger partial charge in [0.25, 0.3) is 0 Å². The molecule has 0 aromatic heterocycles. The van der Waals surface area contributed by atoms with E-state index < -0.39 is 0 Å². The normalized spacial score (nSPS) is 26.5. The summed E-state index contributed by atoms with van der Waals surface area (Å²) in [5.41, 5.74) is 3.16. The van der Waals surface area contributed by atoms with Gasteiger partial charge in [0, 0.05) is 36.8 Å². The van der Waals surface area contributed by atoms with Crippen molar-refractivity contribution < 1.29 is 0 Å². The first-order chi connectivity index (χ1) is 7.85. The molecule has 1 saturated heterocycles. The van der Waals surface area contributed by atoms with Gasteiger partial charge in [0.2, 0.25) is 0 Å². The van der Waals surface area contributed by atoms with E-state index in [9.17, 15) is 0 Å². The molecule has 1 aliphatic rings. The van der Waals surface area contributed by atoms with Crippen LogP contribution in [0.4, 0.5) is 0 Å². The van der Waals surface area contributed by atoms with E-state index in [1.54, 1.807) is 5.54 Å². The van der Waals surface area contributed by atoms with Crippen molar-refractivity contribution in [1.29, 1.82) is 0 Å². The molecule has 1 N–H and O–H groups in total. The minimum absolute atomic E-state index is 0.217. The summed E-state index contributed by atoms with van der Waals surface area (Å²) < 4.78 is 0. The Hall–Kier alpha value is -0.0500. The maximum Gasteiger partial charge on any atom is 0.0281 e. The molecule has 0 aliphatic carbocycles. The maximum atomic E-state index is 5.78. The molecule has 0 aromatic carbocycles. The topological polar surface area (TPSA) is 15.3 Å². The second-order valence-electron chi connectivity index (χ2n) is 6.36. The Morgan fingerprint density at radius 1 is 1.53 bits per heavy atom. The standard InChI is InChI=1S/C14H27ClN2/c1-11(2)6-13-9-17(8-12(3)7-15)14(4,5)10-16-13/h7,11,13,16H,6,8-10H2,1-5H3. The van der Waals surface area contributed by atoms with Gasteiger partial charge in [-0.2, -0.15) is 0 Å². The largest absolute Gasteiger partial charge is 0.311 e. The van der Waals surface area contributed by atoms with Crippen LogP contribution in [0.3, 0.4) is 0 Å². The molecule has 0 spiro atoms. The first-order valence-electron chi connectivity index (χ1n) is 6.59. The zero-order valence-corrected chi connectivity index (χ0v) is 12.6. The fourth-order valence-electron chi connectivity index (χ4n) is 2.42. The van der Waals surface area contributed by atoms with Gasteiger partial charge in [0.05, 0.1) is 0 Å². The van der Waals surface area contributed by atoms with E-state index in [1.165, 1.54) is 12.0 Å². The Labute approximate surface area is 111 Å². The molecule has 1 atom stereocenters. The van der Waals surface area contributed by atoms with Crippen LogP contribution in [0, 0.1) is 5.92 Å². The van der Waals surface area contributed by atoms with Gasteiger partial charge in [-0.15, -0.1) is 0 Å². The highest BCUT2D eigenvalue weighted by atomic mass is 35.5. The Morgan fingerprint density at radius 3 is 2.71 bits per heavy atom. The molecule has 100 valence electrons. The van der Waals surface area contributed by atoms with Crippen LogP contribution >= 0.6 is 11.6 Å². The molecule has 0 bridgehead atoms. The minimum atomic E-state index is 0.217. The lowest BCUT2D eigenvalue weighted by Gasteiger charge is -2.46. The van der Waals surface area contributed by atoms with Crippen LogP contribution in [0.5, 0.6) is 0 Å². The van der Waals surface area contributed by atoms with Gasteiger partial charge in [-0.25, -0.2) is 0 Å². The molecule has 1 unspecified atom stereocenters. The quantitative estimate of drug-likeness (QED) is 0.833. The number of halogens is 1. The molecular formula is C14H27ClN2. The molecule has 1 rings (SSSR count). The summed E-state index contributed by atoms with van der Waals surface area (Å²) in [6.07, 6.45) is 1.25. The summed E-state index contributed by atoms with van der Waals surface area (Å²) in [7, 11) is 0. The number of piperazine rings is 1. The maximum absolute atomic E-state index is 5.78. The highest BCUT2D eigenvalue weighted by Gasteiger charge is 2.33. The number of hydrogen-bond acceptors (Lipinski definition) is 2. The monoisotopic (exact) mass is 258 g/mol. The molecule has 17 heavy (non-hydrogen) atoms. The van der Waals surface area contributed by atoms with E-state index in [-0.39, 0.29) is 5.54 Å². The lowest BCUT2D eigenvalue weighted by molar-refractivity contribution is 0.0703. The SMILES string of the molecule is CC(=CCl)CN1CC(CC(C)C)NCC1(C)C. The van der Waals surface area contributed by atoms with Crippen molar-refractivity contribution in [3.8, 4) is 0 Å². The van der Waals surface area contributed by atoms with Gasteiger partial charge >= 0.3 is 0 Å². The van der Waals surface area contributed by atoms with Crippen LogP contribution in [0.1, 0.15) is 41.0 Å². The van der Waals surface area contributed by atoms with Gasteiger partial charge in [-0.3, -0.25) is 4.90 Å². The van der Waals surface area contributed by atoms with Gasteiger partial charge in [-0.05, 0) is 38.7 Å². The summed E-state index contributed by atoms with van der Waals surface area (Å²) >= 11 is 5.78. The zero-order valence-electron chi connectivity index (χ0n) is 11.9. The fourth-order valence-corrected chi connectivity index (χ4v) is 2.49. The summed E-state index contributed by atoms with van der Waals surface area (Å²) in [6.45, 7) is 14.4. The Bertz CT molecular complexity index is 271. The first-order valence-corrected chi connectivity index (χ1v) is 7.03. The van der Waals surface area contributed by atoms with Crippen LogP contribution in [-0.4, -0.2) is 36.1 Å². The van der Waals surface area contributed by atoms with Crippen molar-refractivity contribution in [3.05, 3.63) is 11.1 Å². The third-order valence-corrected chi connectivity index (χ3v) is 3.88. The van der Waals surface area contributed by atoms with Gasteiger partial charge in [-0.1, -0.05) is 25.4 Å². The van der Waals surface area contributed by atoms with Crippen molar-refractivity contribution in [3.63, 3.8) is 0 Å². The van der Waals surface area contributed by atoms with Crippen LogP contribution in [0.2, 0.25) is 0 Å². The molecule has 2 nitrogen and oxygen atoms in total. The van der Waals surface area contributed by atoms with Crippen molar-refractivity contribution in [2.24, 2.45) is 5.92 Å². The Morgan fingerprint density at radius 2 is 2.18 bits per heavy atom. The van der Waals surface area contributed by atoms with E-state index in [1.807, 2.05) is 0 Å². The fraction of sp³-hybridized carbons (Fsp3) is 0.857. The molecule has 3 heteroatoms. The van der Waals surface area contributed by atoms with Gasteiger partial charge < -0.3 is 5.32 Å². The predicted octanol–water partition coefficient (Wildman–Crippen LogP) is 3.23. The Kier molecular flexibility index (Phi) is 5.49. The van der Waals surface area contributed by atoms with E-state index in [0.717, 1.165) is 25.6 Å². The third kappa shape index (κ3) is 4.61. The van der Waals surface area contributed by atoms with Crippen molar-refractivity contribution in [2.45, 2.75) is 52.6 Å². The first kappa shape index (κ1) is 15.0. The van der Waals surface area contributed by atoms with Crippen molar-refractivity contribution >= 4 is 11.6 Å². The van der Waals surface area contributed by atoms with Crippen LogP contribution in [-0.2, 0) is 0 Å². The summed E-state index contributed by atoms with van der Waals surface area (Å²) in [4.78, 5) is 2.55. The molecule has 1 fully saturated rings. The number of hydrogen-bond donors (Lipinski definition) is 1. The van der Waals surface area contributed by atoms with Crippen LogP contribution < -0.4 is 5.32 Å². The Balaban J connectivity index is 2.62. The second kappa shape index (κ2) is 6.21. The van der Waals surface area contributed by atoms with E-state index in [2.05, 4.69) is 44.8 Å². The van der Waals surface area contributed by atoms with Crippen LogP contribution in [0.25, 0.3) is 0 Å². The van der Waals surface area contributed by atoms with E-state index >= 15 is 0 Å². The molecule has 0 amide bonds. The molecule has 0 aromatic rings. The summed E-state index contributed by atoms with van der Waals surface area (Å²) in [5, 5.41) is 3.67. The average molecular weight is 259 g/mol. The molecule has 1 heterocycles. The van der Waals surface area contributed by atoms with Crippen molar-refractivity contribution in [2.75, 3.05) is 19.6 Å². The highest BCUT2D eigenvalue weighted by Crippen LogP contribution is 2.22. The summed E-state index contributed by atoms with van der Waals surface area (Å²) in [5.74, 6) is 0.750. The summed E-state index contributed by atoms with van der Waals surface area (Å²) in [6, 6.07) is 0.617. The molecular weight excluding hydrogens is 232 g/mol. The van der Waals surface area contributed by atoms with Crippen molar-refractivity contribution in [1.82, 2.24) is 10.2 Å². The number of rotatable bonds is 4. The zero-order chi connectivity index (χ0) is 13.1. The molecule has 0 radical (unpaired) electrons. The molecule has 1 aliphatic heterocycles. The number of nitrogens with zero attached hydrogens (tertiary/aromatic N) is 1. The highest BCUT2D eigenvalue weighted by molar-refractivity contribution is 6.25. The average Bonchev–Trinajstić information content (AvgIpc) is 2.22. The van der Waals surface area contributed by atoms with Gasteiger partial charge in [0.15, 0.2) is 0 Å². The molecule has 0 saturated carbocycles. The smallest absolute Gasteiger partial charge is 0.0281 e.